The monoisotopic (exact) mass is 474 g/mol. The Morgan fingerprint density at radius 1 is 0.900 bits per heavy atom. The van der Waals surface area contributed by atoms with Gasteiger partial charge in [-0.1, -0.05) is 56.1 Å². The molecule has 2 atom stereocenters. The summed E-state index contributed by atoms with van der Waals surface area (Å²) in [7, 11) is 1.53. The zero-order chi connectivity index (χ0) is 22.3. The number of methoxy groups -OCH3 is 1. The molecule has 166 valence electrons. The molecule has 0 spiro atoms. The fraction of sp³-hybridized carbons (Fsp3) is 0.478. The molecule has 0 bridgehead atoms. The third-order valence-corrected chi connectivity index (χ3v) is 6.00. The summed E-state index contributed by atoms with van der Waals surface area (Å²) in [6.45, 7) is 7.05. The van der Waals surface area contributed by atoms with E-state index in [0.717, 1.165) is 11.1 Å². The molecule has 0 radical (unpaired) electrons. The molecule has 0 aliphatic rings. The van der Waals surface area contributed by atoms with Gasteiger partial charge in [0.2, 0.25) is 0 Å². The van der Waals surface area contributed by atoms with Gasteiger partial charge in [-0.2, -0.15) is 0 Å². The smallest absolute Gasteiger partial charge is 0.138 e. The summed E-state index contributed by atoms with van der Waals surface area (Å²) >= 11 is 18.7. The second kappa shape index (κ2) is 11.4. The van der Waals surface area contributed by atoms with Crippen molar-refractivity contribution in [1.82, 2.24) is 0 Å². The van der Waals surface area contributed by atoms with Crippen LogP contribution < -0.4 is 9.47 Å². The third-order valence-electron chi connectivity index (χ3n) is 4.88. The second-order valence-corrected chi connectivity index (χ2v) is 9.03. The molecule has 0 aromatic heterocycles. The van der Waals surface area contributed by atoms with E-state index in [1.165, 1.54) is 7.11 Å². The highest BCUT2D eigenvalue weighted by Crippen LogP contribution is 2.38. The van der Waals surface area contributed by atoms with Crippen molar-refractivity contribution >= 4 is 34.8 Å². The topological polar surface area (TPSA) is 47.9 Å². The summed E-state index contributed by atoms with van der Waals surface area (Å²) in [5.41, 5.74) is 1.70. The van der Waals surface area contributed by atoms with E-state index < -0.39 is 6.10 Å². The molecule has 4 nitrogen and oxygen atoms in total. The first-order valence-electron chi connectivity index (χ1n) is 9.77. The summed E-state index contributed by atoms with van der Waals surface area (Å²) in [6.07, 6.45) is -0.711. The van der Waals surface area contributed by atoms with Gasteiger partial charge in [0.15, 0.2) is 0 Å². The van der Waals surface area contributed by atoms with Crippen LogP contribution in [0.1, 0.15) is 31.9 Å². The van der Waals surface area contributed by atoms with Gasteiger partial charge in [0.05, 0.1) is 23.3 Å². The quantitative estimate of drug-likeness (QED) is 0.407. The van der Waals surface area contributed by atoms with Crippen LogP contribution in [0.2, 0.25) is 10.0 Å². The average molecular weight is 476 g/mol. The number of benzene rings is 2. The van der Waals surface area contributed by atoms with Crippen LogP contribution in [0.5, 0.6) is 11.5 Å². The number of halogens is 3. The number of hydrogen-bond donors (Lipinski definition) is 1. The molecule has 2 aromatic rings. The van der Waals surface area contributed by atoms with Gasteiger partial charge in [0.1, 0.15) is 24.2 Å². The van der Waals surface area contributed by atoms with Gasteiger partial charge in [-0.15, -0.1) is 11.6 Å². The van der Waals surface area contributed by atoms with Crippen LogP contribution in [0.3, 0.4) is 0 Å². The van der Waals surface area contributed by atoms with Crippen LogP contribution in [0.4, 0.5) is 0 Å². The van der Waals surface area contributed by atoms with Crippen LogP contribution in [0.15, 0.2) is 36.4 Å². The van der Waals surface area contributed by atoms with Crippen LogP contribution in [0, 0.1) is 5.92 Å². The lowest BCUT2D eigenvalue weighted by atomic mass is 9.78. The van der Waals surface area contributed by atoms with Crippen molar-refractivity contribution in [2.24, 2.45) is 5.92 Å². The summed E-state index contributed by atoms with van der Waals surface area (Å²) in [4.78, 5) is 0. The largest absolute Gasteiger partial charge is 0.492 e. The molecule has 2 aromatic carbocycles. The van der Waals surface area contributed by atoms with E-state index in [2.05, 4.69) is 13.8 Å². The van der Waals surface area contributed by atoms with Gasteiger partial charge in [-0.05, 0) is 35.4 Å². The molecule has 2 rings (SSSR count). The molecule has 7 heteroatoms. The zero-order valence-electron chi connectivity index (χ0n) is 17.8. The van der Waals surface area contributed by atoms with E-state index in [1.807, 2.05) is 43.3 Å². The van der Waals surface area contributed by atoms with E-state index in [-0.39, 0.29) is 24.5 Å². The van der Waals surface area contributed by atoms with E-state index >= 15 is 0 Å². The molecule has 1 N–H and O–H groups in total. The molecule has 0 heterocycles. The highest BCUT2D eigenvalue weighted by Gasteiger charge is 2.25. The van der Waals surface area contributed by atoms with Gasteiger partial charge >= 0.3 is 0 Å². The van der Waals surface area contributed by atoms with Crippen LogP contribution >= 0.6 is 34.8 Å². The van der Waals surface area contributed by atoms with Gasteiger partial charge in [-0.3, -0.25) is 0 Å². The summed E-state index contributed by atoms with van der Waals surface area (Å²) in [6, 6.07) is 11.5. The number of aliphatic hydroxyl groups excluding tert-OH is 1. The summed E-state index contributed by atoms with van der Waals surface area (Å²) < 4.78 is 16.3. The van der Waals surface area contributed by atoms with E-state index in [9.17, 15) is 5.11 Å². The van der Waals surface area contributed by atoms with Crippen molar-refractivity contribution < 1.29 is 19.3 Å². The third kappa shape index (κ3) is 6.66. The van der Waals surface area contributed by atoms with Gasteiger partial charge < -0.3 is 19.3 Å². The SMILES string of the molecule is COC[C@@H](O)COc1ccc(C(C)(C)c2ccc(OC[C@@H](C)CCl)c(Cl)c2)cc1Cl. The molecule has 0 aliphatic heterocycles. The molecule has 0 aliphatic carbocycles. The lowest BCUT2D eigenvalue weighted by molar-refractivity contribution is 0.0326. The Morgan fingerprint density at radius 2 is 1.40 bits per heavy atom. The highest BCUT2D eigenvalue weighted by atomic mass is 35.5. The van der Waals surface area contributed by atoms with Crippen LogP contribution in [-0.2, 0) is 10.2 Å². The molecule has 0 fully saturated rings. The van der Waals surface area contributed by atoms with Crippen molar-refractivity contribution in [1.29, 1.82) is 0 Å². The normalized spacial score (nSPS) is 13.7. The standard InChI is InChI=1S/C23H29Cl3O4/c1-15(11-24)12-29-21-7-5-16(9-19(21)25)23(2,3)17-6-8-22(20(26)10-17)30-14-18(27)13-28-4/h5-10,15,18,27H,11-14H2,1-4H3/t15-,18+/m0/s1. The Balaban J connectivity index is 2.16. The van der Waals surface area contributed by atoms with Gasteiger partial charge in [-0.25, -0.2) is 0 Å². The minimum atomic E-state index is -0.711. The first kappa shape index (κ1) is 25.1. The lowest BCUT2D eigenvalue weighted by Crippen LogP contribution is -2.23. The molecular weight excluding hydrogens is 447 g/mol. The van der Waals surface area contributed by atoms with Crippen molar-refractivity contribution in [3.8, 4) is 11.5 Å². The van der Waals surface area contributed by atoms with Crippen molar-refractivity contribution in [2.75, 3.05) is 32.8 Å². The van der Waals surface area contributed by atoms with E-state index in [4.69, 9.17) is 49.0 Å². The number of ether oxygens (including phenoxy) is 3. The second-order valence-electron chi connectivity index (χ2n) is 7.91. The number of hydrogen-bond acceptors (Lipinski definition) is 4. The maximum Gasteiger partial charge on any atom is 0.138 e. The van der Waals surface area contributed by atoms with Crippen LogP contribution in [-0.4, -0.2) is 44.0 Å². The Bertz CT molecular complexity index is 826. The van der Waals surface area contributed by atoms with Gasteiger partial charge in [0.25, 0.3) is 0 Å². The zero-order valence-corrected chi connectivity index (χ0v) is 20.0. The molecule has 0 saturated heterocycles. The first-order chi connectivity index (χ1) is 14.2. The lowest BCUT2D eigenvalue weighted by Gasteiger charge is -2.27. The Hall–Kier alpha value is -1.17. The molecule has 0 saturated carbocycles. The Labute approximate surface area is 194 Å². The van der Waals surface area contributed by atoms with Crippen molar-refractivity contribution in [3.05, 3.63) is 57.6 Å². The van der Waals surface area contributed by atoms with E-state index in [0.29, 0.717) is 34.0 Å². The maximum absolute atomic E-state index is 9.74. The minimum absolute atomic E-state index is 0.107. The predicted molar refractivity (Wildman–Crippen MR) is 124 cm³/mol. The first-order valence-corrected chi connectivity index (χ1v) is 11.1. The maximum atomic E-state index is 9.74. The van der Waals surface area contributed by atoms with Gasteiger partial charge in [0, 0.05) is 24.3 Å². The van der Waals surface area contributed by atoms with Crippen LogP contribution in [0.25, 0.3) is 0 Å². The van der Waals surface area contributed by atoms with E-state index in [1.54, 1.807) is 0 Å². The van der Waals surface area contributed by atoms with Crippen molar-refractivity contribution in [2.45, 2.75) is 32.3 Å². The fourth-order valence-electron chi connectivity index (χ4n) is 2.88. The summed E-state index contributed by atoms with van der Waals surface area (Å²) in [5, 5.41) is 10.8. The molecular formula is C23H29Cl3O4. The Kier molecular flexibility index (Phi) is 9.58. The molecule has 0 unspecified atom stereocenters. The number of aliphatic hydroxyl groups is 1. The number of alkyl halides is 1. The van der Waals surface area contributed by atoms with Crippen molar-refractivity contribution in [3.63, 3.8) is 0 Å². The minimum Gasteiger partial charge on any atom is -0.492 e. The fourth-order valence-corrected chi connectivity index (χ4v) is 3.44. The Morgan fingerprint density at radius 3 is 1.83 bits per heavy atom. The molecule has 0 amide bonds. The number of rotatable bonds is 11. The summed E-state index contributed by atoms with van der Waals surface area (Å²) in [5.74, 6) is 1.94. The predicted octanol–water partition coefficient (Wildman–Crippen LogP) is 5.96. The molecule has 30 heavy (non-hydrogen) atoms. The average Bonchev–Trinajstić information content (AvgIpc) is 2.71. The highest BCUT2D eigenvalue weighted by molar-refractivity contribution is 6.32.